The molecule has 0 spiro atoms. The van der Waals surface area contributed by atoms with Gasteiger partial charge in [0.25, 0.3) is 0 Å². The molecule has 1 aliphatic rings. The maximum Gasteiger partial charge on any atom is 0.241 e. The second-order valence-electron chi connectivity index (χ2n) is 6.19. The molecule has 0 unspecified atom stereocenters. The predicted octanol–water partition coefficient (Wildman–Crippen LogP) is 1.66. The molecule has 134 valence electrons. The van der Waals surface area contributed by atoms with Gasteiger partial charge < -0.3 is 20.7 Å². The fraction of sp³-hybridized carbons (Fsp3) is 0.882. The first-order valence-corrected chi connectivity index (χ1v) is 9.00. The minimum Gasteiger partial charge on any atom is -0.383 e. The SMILES string of the molecule is CCCC1CCC(NC(=NCC(=O)NCCOC)NCC)CC1. The Balaban J connectivity index is 2.36. The average Bonchev–Trinajstić information content (AvgIpc) is 2.55. The maximum absolute atomic E-state index is 11.7. The van der Waals surface area contributed by atoms with E-state index in [0.717, 1.165) is 18.4 Å². The zero-order chi connectivity index (χ0) is 16.9. The lowest BCUT2D eigenvalue weighted by molar-refractivity contribution is -0.119. The number of hydrogen-bond donors (Lipinski definition) is 3. The van der Waals surface area contributed by atoms with Crippen LogP contribution in [0.15, 0.2) is 4.99 Å². The van der Waals surface area contributed by atoms with Crippen LogP contribution in [0, 0.1) is 5.92 Å². The zero-order valence-electron chi connectivity index (χ0n) is 15.0. The van der Waals surface area contributed by atoms with Crippen LogP contribution in [-0.2, 0) is 9.53 Å². The zero-order valence-corrected chi connectivity index (χ0v) is 15.0. The first kappa shape index (κ1) is 19.7. The highest BCUT2D eigenvalue weighted by Gasteiger charge is 2.21. The third kappa shape index (κ3) is 8.79. The van der Waals surface area contributed by atoms with E-state index >= 15 is 0 Å². The molecule has 1 aliphatic carbocycles. The van der Waals surface area contributed by atoms with Crippen molar-refractivity contribution in [3.63, 3.8) is 0 Å². The topological polar surface area (TPSA) is 74.8 Å². The number of carbonyl (C=O) groups is 1. The Kier molecular flexibility index (Phi) is 10.4. The third-order valence-corrected chi connectivity index (χ3v) is 4.24. The Morgan fingerprint density at radius 2 is 1.91 bits per heavy atom. The standard InChI is InChI=1S/C17H34N4O2/c1-4-6-14-7-9-15(10-8-14)21-17(18-5-2)20-13-16(22)19-11-12-23-3/h14-15H,4-13H2,1-3H3,(H,19,22)(H2,18,20,21). The van der Waals surface area contributed by atoms with Gasteiger partial charge in [-0.05, 0) is 38.5 Å². The van der Waals surface area contributed by atoms with Crippen LogP contribution >= 0.6 is 0 Å². The molecule has 0 aromatic rings. The van der Waals surface area contributed by atoms with E-state index < -0.39 is 0 Å². The van der Waals surface area contributed by atoms with E-state index in [1.807, 2.05) is 6.92 Å². The van der Waals surface area contributed by atoms with E-state index in [4.69, 9.17) is 4.74 Å². The molecule has 0 aliphatic heterocycles. The lowest BCUT2D eigenvalue weighted by Crippen LogP contribution is -2.45. The molecule has 6 nitrogen and oxygen atoms in total. The number of rotatable bonds is 9. The molecule has 1 saturated carbocycles. The van der Waals surface area contributed by atoms with Crippen LogP contribution < -0.4 is 16.0 Å². The van der Waals surface area contributed by atoms with Crippen LogP contribution in [0.5, 0.6) is 0 Å². The molecule has 0 aromatic heterocycles. The number of aliphatic imine (C=N–C) groups is 1. The van der Waals surface area contributed by atoms with Gasteiger partial charge in [0.2, 0.25) is 5.91 Å². The van der Waals surface area contributed by atoms with Crippen LogP contribution in [0.25, 0.3) is 0 Å². The van der Waals surface area contributed by atoms with Crippen LogP contribution in [-0.4, -0.2) is 51.3 Å². The van der Waals surface area contributed by atoms with Crippen molar-refractivity contribution < 1.29 is 9.53 Å². The second-order valence-corrected chi connectivity index (χ2v) is 6.19. The molecule has 0 heterocycles. The number of amides is 1. The minimum absolute atomic E-state index is 0.0779. The van der Waals surface area contributed by atoms with Gasteiger partial charge in [0, 0.05) is 26.2 Å². The third-order valence-electron chi connectivity index (χ3n) is 4.24. The first-order chi connectivity index (χ1) is 11.2. The molecular formula is C17H34N4O2. The summed E-state index contributed by atoms with van der Waals surface area (Å²) in [6.45, 7) is 6.28. The van der Waals surface area contributed by atoms with Crippen molar-refractivity contribution >= 4 is 11.9 Å². The van der Waals surface area contributed by atoms with Crippen LogP contribution in [0.4, 0.5) is 0 Å². The summed E-state index contributed by atoms with van der Waals surface area (Å²) in [7, 11) is 1.62. The predicted molar refractivity (Wildman–Crippen MR) is 94.7 cm³/mol. The van der Waals surface area contributed by atoms with E-state index in [-0.39, 0.29) is 12.5 Å². The molecule has 1 rings (SSSR count). The molecule has 23 heavy (non-hydrogen) atoms. The summed E-state index contributed by atoms with van der Waals surface area (Å²) in [4.78, 5) is 16.1. The Bertz CT molecular complexity index is 353. The van der Waals surface area contributed by atoms with Gasteiger partial charge in [0.1, 0.15) is 6.54 Å². The summed E-state index contributed by atoms with van der Waals surface area (Å²) in [5, 5.41) is 9.48. The van der Waals surface area contributed by atoms with Crippen molar-refractivity contribution in [2.75, 3.05) is 33.4 Å². The monoisotopic (exact) mass is 326 g/mol. The van der Waals surface area contributed by atoms with Crippen molar-refractivity contribution in [2.24, 2.45) is 10.9 Å². The van der Waals surface area contributed by atoms with Crippen LogP contribution in [0.2, 0.25) is 0 Å². The number of guanidine groups is 1. The highest BCUT2D eigenvalue weighted by Crippen LogP contribution is 2.27. The van der Waals surface area contributed by atoms with E-state index in [1.165, 1.54) is 38.5 Å². The number of hydrogen-bond acceptors (Lipinski definition) is 3. The average molecular weight is 326 g/mol. The molecular weight excluding hydrogens is 292 g/mol. The maximum atomic E-state index is 11.7. The van der Waals surface area contributed by atoms with E-state index in [1.54, 1.807) is 7.11 Å². The number of nitrogens with one attached hydrogen (secondary N) is 3. The minimum atomic E-state index is -0.0779. The van der Waals surface area contributed by atoms with Crippen LogP contribution in [0.1, 0.15) is 52.4 Å². The summed E-state index contributed by atoms with van der Waals surface area (Å²) in [5.74, 6) is 1.56. The number of nitrogens with zero attached hydrogens (tertiary/aromatic N) is 1. The Labute approximate surface area is 140 Å². The van der Waals surface area contributed by atoms with Gasteiger partial charge in [-0.3, -0.25) is 4.79 Å². The molecule has 0 radical (unpaired) electrons. The van der Waals surface area contributed by atoms with Crippen LogP contribution in [0.3, 0.4) is 0 Å². The highest BCUT2D eigenvalue weighted by atomic mass is 16.5. The van der Waals surface area contributed by atoms with E-state index in [9.17, 15) is 4.79 Å². The normalized spacial score (nSPS) is 21.8. The van der Waals surface area contributed by atoms with Crippen molar-refractivity contribution in [2.45, 2.75) is 58.4 Å². The molecule has 6 heteroatoms. The summed E-state index contributed by atoms with van der Waals surface area (Å²) in [6.07, 6.45) is 7.60. The first-order valence-electron chi connectivity index (χ1n) is 9.00. The molecule has 0 bridgehead atoms. The lowest BCUT2D eigenvalue weighted by atomic mass is 9.83. The number of carbonyl (C=O) groups excluding carboxylic acids is 1. The Hall–Kier alpha value is -1.30. The van der Waals surface area contributed by atoms with Gasteiger partial charge in [-0.1, -0.05) is 19.8 Å². The van der Waals surface area contributed by atoms with Crippen molar-refractivity contribution in [3.05, 3.63) is 0 Å². The van der Waals surface area contributed by atoms with Gasteiger partial charge in [0.05, 0.1) is 6.61 Å². The van der Waals surface area contributed by atoms with Gasteiger partial charge in [-0.25, -0.2) is 4.99 Å². The molecule has 0 saturated heterocycles. The van der Waals surface area contributed by atoms with Gasteiger partial charge in [-0.2, -0.15) is 0 Å². The fourth-order valence-corrected chi connectivity index (χ4v) is 3.02. The summed E-state index contributed by atoms with van der Waals surface area (Å²) in [5.41, 5.74) is 0. The van der Waals surface area contributed by atoms with Gasteiger partial charge >= 0.3 is 0 Å². The largest absolute Gasteiger partial charge is 0.383 e. The van der Waals surface area contributed by atoms with Crippen molar-refractivity contribution in [1.82, 2.24) is 16.0 Å². The quantitative estimate of drug-likeness (QED) is 0.342. The van der Waals surface area contributed by atoms with E-state index in [0.29, 0.717) is 19.2 Å². The Morgan fingerprint density at radius 1 is 1.17 bits per heavy atom. The molecule has 1 fully saturated rings. The summed E-state index contributed by atoms with van der Waals surface area (Å²) < 4.78 is 4.91. The molecule has 0 atom stereocenters. The summed E-state index contributed by atoms with van der Waals surface area (Å²) in [6, 6.07) is 0.470. The summed E-state index contributed by atoms with van der Waals surface area (Å²) >= 11 is 0. The smallest absolute Gasteiger partial charge is 0.241 e. The highest BCUT2D eigenvalue weighted by molar-refractivity contribution is 5.85. The van der Waals surface area contributed by atoms with Crippen molar-refractivity contribution in [1.29, 1.82) is 0 Å². The van der Waals surface area contributed by atoms with Crippen molar-refractivity contribution in [3.8, 4) is 0 Å². The number of methoxy groups -OCH3 is 1. The van der Waals surface area contributed by atoms with Gasteiger partial charge in [0.15, 0.2) is 5.96 Å². The van der Waals surface area contributed by atoms with E-state index in [2.05, 4.69) is 27.9 Å². The van der Waals surface area contributed by atoms with Gasteiger partial charge in [-0.15, -0.1) is 0 Å². The Morgan fingerprint density at radius 3 is 2.52 bits per heavy atom. The fourth-order valence-electron chi connectivity index (χ4n) is 3.02. The second kappa shape index (κ2) is 12.2. The molecule has 0 aromatic carbocycles. The molecule has 1 amide bonds. The number of ether oxygens (including phenoxy) is 1. The molecule has 3 N–H and O–H groups in total. The lowest BCUT2D eigenvalue weighted by Gasteiger charge is -2.30.